The number of likely N-dealkylation sites (N-methyl/N-ethyl adjacent to an activating group) is 1. The van der Waals surface area contributed by atoms with Crippen LogP contribution in [0.4, 0.5) is 10.1 Å². The SMILES string of the molecule is CN1CCN(Cc2ccc(NC(=O)/C=C/c3ccc(F)cc3)cc2)CC1. The summed E-state index contributed by atoms with van der Waals surface area (Å²) in [5.74, 6) is -0.496. The lowest BCUT2D eigenvalue weighted by molar-refractivity contribution is -0.111. The third kappa shape index (κ3) is 5.51. The van der Waals surface area contributed by atoms with Crippen molar-refractivity contribution in [3.05, 3.63) is 71.6 Å². The molecule has 0 radical (unpaired) electrons. The molecule has 136 valence electrons. The molecule has 2 aromatic rings. The van der Waals surface area contributed by atoms with Gasteiger partial charge in [0.15, 0.2) is 0 Å². The molecule has 1 amide bonds. The van der Waals surface area contributed by atoms with Crippen LogP contribution in [0, 0.1) is 5.82 Å². The van der Waals surface area contributed by atoms with Gasteiger partial charge in [-0.1, -0.05) is 24.3 Å². The summed E-state index contributed by atoms with van der Waals surface area (Å²) in [4.78, 5) is 16.8. The van der Waals surface area contributed by atoms with Gasteiger partial charge >= 0.3 is 0 Å². The smallest absolute Gasteiger partial charge is 0.248 e. The first kappa shape index (κ1) is 18.3. The Morgan fingerprint density at radius 2 is 1.69 bits per heavy atom. The average molecular weight is 353 g/mol. The van der Waals surface area contributed by atoms with Gasteiger partial charge in [-0.25, -0.2) is 4.39 Å². The lowest BCUT2D eigenvalue weighted by Gasteiger charge is -2.32. The number of nitrogens with one attached hydrogen (secondary N) is 1. The molecule has 0 aliphatic carbocycles. The summed E-state index contributed by atoms with van der Waals surface area (Å²) in [6.07, 6.45) is 3.11. The largest absolute Gasteiger partial charge is 0.323 e. The molecule has 3 rings (SSSR count). The Bertz CT molecular complexity index is 748. The summed E-state index contributed by atoms with van der Waals surface area (Å²) in [6.45, 7) is 5.32. The summed E-state index contributed by atoms with van der Waals surface area (Å²) in [7, 11) is 2.15. The van der Waals surface area contributed by atoms with Crippen molar-refractivity contribution in [3.63, 3.8) is 0 Å². The van der Waals surface area contributed by atoms with Crippen LogP contribution in [0.15, 0.2) is 54.6 Å². The minimum atomic E-state index is -0.289. The number of nitrogens with zero attached hydrogens (tertiary/aromatic N) is 2. The molecule has 1 heterocycles. The molecule has 2 aromatic carbocycles. The zero-order valence-corrected chi connectivity index (χ0v) is 15.0. The van der Waals surface area contributed by atoms with Gasteiger partial charge in [0.1, 0.15) is 5.82 Å². The molecular formula is C21H24FN3O. The molecule has 1 fully saturated rings. The lowest BCUT2D eigenvalue weighted by Crippen LogP contribution is -2.43. The maximum Gasteiger partial charge on any atom is 0.248 e. The van der Waals surface area contributed by atoms with Gasteiger partial charge in [-0.05, 0) is 48.5 Å². The summed E-state index contributed by atoms with van der Waals surface area (Å²) in [5.41, 5.74) is 2.79. The molecule has 1 N–H and O–H groups in total. The monoisotopic (exact) mass is 353 g/mol. The number of anilines is 1. The highest BCUT2D eigenvalue weighted by Crippen LogP contribution is 2.13. The number of halogens is 1. The molecule has 26 heavy (non-hydrogen) atoms. The molecule has 0 spiro atoms. The van der Waals surface area contributed by atoms with Gasteiger partial charge in [0.05, 0.1) is 0 Å². The zero-order valence-electron chi connectivity index (χ0n) is 15.0. The number of hydrogen-bond acceptors (Lipinski definition) is 3. The van der Waals surface area contributed by atoms with E-state index in [9.17, 15) is 9.18 Å². The van der Waals surface area contributed by atoms with Gasteiger partial charge in [0, 0.05) is 44.5 Å². The highest BCUT2D eigenvalue weighted by Gasteiger charge is 2.13. The van der Waals surface area contributed by atoms with Crippen molar-refractivity contribution >= 4 is 17.7 Å². The minimum absolute atomic E-state index is 0.207. The van der Waals surface area contributed by atoms with E-state index >= 15 is 0 Å². The first-order valence-electron chi connectivity index (χ1n) is 8.83. The van der Waals surface area contributed by atoms with Crippen LogP contribution in [0.3, 0.4) is 0 Å². The molecule has 0 aromatic heterocycles. The Balaban J connectivity index is 1.50. The fraction of sp³-hybridized carbons (Fsp3) is 0.286. The molecule has 1 aliphatic heterocycles. The van der Waals surface area contributed by atoms with Crippen molar-refractivity contribution in [2.24, 2.45) is 0 Å². The summed E-state index contributed by atoms with van der Waals surface area (Å²) < 4.78 is 12.9. The van der Waals surface area contributed by atoms with Crippen LogP contribution in [-0.2, 0) is 11.3 Å². The standard InChI is InChI=1S/C21H24FN3O/c1-24-12-14-25(15-13-24)16-18-4-9-20(10-5-18)23-21(26)11-6-17-2-7-19(22)8-3-17/h2-11H,12-16H2,1H3,(H,23,26)/b11-6+. The highest BCUT2D eigenvalue weighted by atomic mass is 19.1. The molecule has 1 aliphatic rings. The van der Waals surface area contributed by atoms with E-state index in [-0.39, 0.29) is 11.7 Å². The van der Waals surface area contributed by atoms with Crippen LogP contribution < -0.4 is 5.32 Å². The quantitative estimate of drug-likeness (QED) is 0.839. The van der Waals surface area contributed by atoms with E-state index in [1.807, 2.05) is 12.1 Å². The number of amides is 1. The number of carbonyl (C=O) groups excluding carboxylic acids is 1. The predicted octanol–water partition coefficient (Wildman–Crippen LogP) is 3.23. The number of piperazine rings is 1. The van der Waals surface area contributed by atoms with Gasteiger partial charge < -0.3 is 10.2 Å². The number of hydrogen-bond donors (Lipinski definition) is 1. The van der Waals surface area contributed by atoms with E-state index in [1.165, 1.54) is 23.8 Å². The van der Waals surface area contributed by atoms with Crippen LogP contribution in [0.5, 0.6) is 0 Å². The molecule has 0 atom stereocenters. The van der Waals surface area contributed by atoms with Gasteiger partial charge in [0.2, 0.25) is 5.91 Å². The van der Waals surface area contributed by atoms with Gasteiger partial charge in [0.25, 0.3) is 0 Å². The van der Waals surface area contributed by atoms with Crippen LogP contribution >= 0.6 is 0 Å². The molecule has 5 heteroatoms. The van der Waals surface area contributed by atoms with E-state index in [0.29, 0.717) is 0 Å². The predicted molar refractivity (Wildman–Crippen MR) is 103 cm³/mol. The summed E-state index contributed by atoms with van der Waals surface area (Å²) in [5, 5.41) is 2.84. The Hall–Kier alpha value is -2.50. The van der Waals surface area contributed by atoms with Crippen LogP contribution in [0.1, 0.15) is 11.1 Å². The van der Waals surface area contributed by atoms with Gasteiger partial charge in [-0.2, -0.15) is 0 Å². The third-order valence-corrected chi connectivity index (χ3v) is 4.52. The lowest BCUT2D eigenvalue weighted by atomic mass is 10.1. The molecule has 0 unspecified atom stereocenters. The molecular weight excluding hydrogens is 329 g/mol. The minimum Gasteiger partial charge on any atom is -0.323 e. The van der Waals surface area contributed by atoms with E-state index in [1.54, 1.807) is 18.2 Å². The number of rotatable bonds is 5. The Kier molecular flexibility index (Phi) is 6.15. The van der Waals surface area contributed by atoms with Gasteiger partial charge in [-0.3, -0.25) is 9.69 Å². The van der Waals surface area contributed by atoms with Crippen molar-refractivity contribution < 1.29 is 9.18 Å². The normalized spacial score (nSPS) is 16.1. The summed E-state index contributed by atoms with van der Waals surface area (Å²) in [6, 6.07) is 14.0. The fourth-order valence-electron chi connectivity index (χ4n) is 2.89. The Morgan fingerprint density at radius 3 is 2.35 bits per heavy atom. The second kappa shape index (κ2) is 8.74. The van der Waals surface area contributed by atoms with E-state index in [0.717, 1.165) is 44.0 Å². The van der Waals surface area contributed by atoms with Crippen LogP contribution in [0.25, 0.3) is 6.08 Å². The number of carbonyl (C=O) groups is 1. The first-order chi connectivity index (χ1) is 12.6. The first-order valence-corrected chi connectivity index (χ1v) is 8.83. The van der Waals surface area contributed by atoms with Crippen molar-refractivity contribution in [1.29, 1.82) is 0 Å². The third-order valence-electron chi connectivity index (χ3n) is 4.52. The average Bonchev–Trinajstić information content (AvgIpc) is 2.65. The molecule has 1 saturated heterocycles. The van der Waals surface area contributed by atoms with Crippen molar-refractivity contribution in [3.8, 4) is 0 Å². The van der Waals surface area contributed by atoms with Crippen molar-refractivity contribution in [2.45, 2.75) is 6.54 Å². The van der Waals surface area contributed by atoms with Crippen molar-refractivity contribution in [1.82, 2.24) is 9.80 Å². The highest BCUT2D eigenvalue weighted by molar-refractivity contribution is 6.01. The Morgan fingerprint density at radius 1 is 1.04 bits per heavy atom. The second-order valence-electron chi connectivity index (χ2n) is 6.65. The molecule has 0 bridgehead atoms. The zero-order chi connectivity index (χ0) is 18.4. The maximum atomic E-state index is 12.9. The topological polar surface area (TPSA) is 35.6 Å². The fourth-order valence-corrected chi connectivity index (χ4v) is 2.89. The van der Waals surface area contributed by atoms with Gasteiger partial charge in [-0.15, -0.1) is 0 Å². The van der Waals surface area contributed by atoms with Crippen LogP contribution in [0.2, 0.25) is 0 Å². The van der Waals surface area contributed by atoms with Crippen LogP contribution in [-0.4, -0.2) is 48.9 Å². The molecule has 0 saturated carbocycles. The summed E-state index contributed by atoms with van der Waals surface area (Å²) >= 11 is 0. The second-order valence-corrected chi connectivity index (χ2v) is 6.65. The van der Waals surface area contributed by atoms with Crippen molar-refractivity contribution in [2.75, 3.05) is 38.5 Å². The van der Waals surface area contributed by atoms with E-state index in [4.69, 9.17) is 0 Å². The maximum absolute atomic E-state index is 12.9. The van der Waals surface area contributed by atoms with E-state index < -0.39 is 0 Å². The molecule has 4 nitrogen and oxygen atoms in total. The number of benzene rings is 2. The van der Waals surface area contributed by atoms with E-state index in [2.05, 4.69) is 34.3 Å². The Labute approximate surface area is 153 Å².